The molecule has 0 amide bonds. The summed E-state index contributed by atoms with van der Waals surface area (Å²) in [5.41, 5.74) is 1.12. The van der Waals surface area contributed by atoms with Crippen molar-refractivity contribution < 1.29 is 23.7 Å². The molecule has 5 heteroatoms. The highest BCUT2D eigenvalue weighted by Crippen LogP contribution is 2.36. The molecule has 0 atom stereocenters. The summed E-state index contributed by atoms with van der Waals surface area (Å²) in [6.07, 6.45) is 0. The Labute approximate surface area is 136 Å². The number of ether oxygens (including phenoxy) is 5. The lowest BCUT2D eigenvalue weighted by Crippen LogP contribution is -2.10. The molecule has 0 saturated heterocycles. The van der Waals surface area contributed by atoms with E-state index in [1.165, 1.54) is 0 Å². The molecule has 0 N–H and O–H groups in total. The van der Waals surface area contributed by atoms with Crippen molar-refractivity contribution in [2.24, 2.45) is 0 Å². The number of para-hydroxylation sites is 1. The van der Waals surface area contributed by atoms with Crippen LogP contribution in [0.2, 0.25) is 0 Å². The van der Waals surface area contributed by atoms with E-state index < -0.39 is 0 Å². The highest BCUT2D eigenvalue weighted by atomic mass is 16.6. The highest BCUT2D eigenvalue weighted by Gasteiger charge is 2.11. The minimum atomic E-state index is 0.355. The van der Waals surface area contributed by atoms with Gasteiger partial charge in [0.2, 0.25) is 5.75 Å². The molecule has 124 valence electrons. The summed E-state index contributed by atoms with van der Waals surface area (Å²) in [6.45, 7) is 2.73. The first-order valence-electron chi connectivity index (χ1n) is 7.30. The molecule has 2 rings (SSSR count). The summed E-state index contributed by atoms with van der Waals surface area (Å²) in [5.74, 6) is 3.21. The quantitative estimate of drug-likeness (QED) is 0.697. The van der Waals surface area contributed by atoms with Crippen LogP contribution in [-0.4, -0.2) is 34.5 Å². The number of methoxy groups -OCH3 is 3. The fourth-order valence-electron chi connectivity index (χ4n) is 2.15. The molecule has 0 radical (unpaired) electrons. The maximum atomic E-state index is 5.75. The molecule has 23 heavy (non-hydrogen) atoms. The second-order valence-corrected chi connectivity index (χ2v) is 4.84. The van der Waals surface area contributed by atoms with E-state index in [0.29, 0.717) is 42.0 Å². The van der Waals surface area contributed by atoms with Crippen LogP contribution in [0.4, 0.5) is 0 Å². The molecule has 0 aromatic heterocycles. The van der Waals surface area contributed by atoms with Crippen LogP contribution in [0, 0.1) is 6.92 Å². The van der Waals surface area contributed by atoms with Gasteiger partial charge in [-0.15, -0.1) is 0 Å². The molecule has 2 aromatic carbocycles. The summed E-state index contributed by atoms with van der Waals surface area (Å²) < 4.78 is 27.4. The van der Waals surface area contributed by atoms with E-state index in [9.17, 15) is 0 Å². The van der Waals surface area contributed by atoms with Crippen molar-refractivity contribution in [1.29, 1.82) is 0 Å². The average molecular weight is 318 g/mol. The van der Waals surface area contributed by atoms with Gasteiger partial charge >= 0.3 is 0 Å². The summed E-state index contributed by atoms with van der Waals surface area (Å²) in [4.78, 5) is 0. The second kappa shape index (κ2) is 8.17. The molecule has 0 spiro atoms. The van der Waals surface area contributed by atoms with E-state index in [0.717, 1.165) is 5.56 Å². The Kier molecular flexibility index (Phi) is 5.97. The molecular formula is C18H22O5. The molecule has 0 unspecified atom stereocenters. The fourth-order valence-corrected chi connectivity index (χ4v) is 2.15. The smallest absolute Gasteiger partial charge is 0.203 e. The molecule has 0 aliphatic rings. The SMILES string of the molecule is COc1cc(C)ccc1OCCOc1c(OC)cccc1OC. The van der Waals surface area contributed by atoms with Gasteiger partial charge in [0.15, 0.2) is 23.0 Å². The summed E-state index contributed by atoms with van der Waals surface area (Å²) in [7, 11) is 4.81. The molecule has 0 fully saturated rings. The van der Waals surface area contributed by atoms with Crippen molar-refractivity contribution in [2.75, 3.05) is 34.5 Å². The van der Waals surface area contributed by atoms with Crippen LogP contribution in [0.1, 0.15) is 5.56 Å². The van der Waals surface area contributed by atoms with Crippen molar-refractivity contribution in [2.45, 2.75) is 6.92 Å². The lowest BCUT2D eigenvalue weighted by molar-refractivity contribution is 0.200. The molecule has 0 heterocycles. The van der Waals surface area contributed by atoms with Gasteiger partial charge in [0.25, 0.3) is 0 Å². The molecule has 2 aromatic rings. The maximum Gasteiger partial charge on any atom is 0.203 e. The maximum absolute atomic E-state index is 5.75. The van der Waals surface area contributed by atoms with Gasteiger partial charge in [-0.25, -0.2) is 0 Å². The Hall–Kier alpha value is -2.56. The van der Waals surface area contributed by atoms with Crippen molar-refractivity contribution in [3.8, 4) is 28.7 Å². The van der Waals surface area contributed by atoms with E-state index >= 15 is 0 Å². The largest absolute Gasteiger partial charge is 0.493 e. The topological polar surface area (TPSA) is 46.2 Å². The first kappa shape index (κ1) is 16.8. The zero-order chi connectivity index (χ0) is 16.7. The molecule has 0 aliphatic heterocycles. The van der Waals surface area contributed by atoms with Gasteiger partial charge in [-0.1, -0.05) is 12.1 Å². The minimum absolute atomic E-state index is 0.355. The summed E-state index contributed by atoms with van der Waals surface area (Å²) in [5, 5.41) is 0. The van der Waals surface area contributed by atoms with Crippen LogP contribution in [-0.2, 0) is 0 Å². The van der Waals surface area contributed by atoms with Gasteiger partial charge in [-0.05, 0) is 36.8 Å². The number of hydrogen-bond acceptors (Lipinski definition) is 5. The first-order chi connectivity index (χ1) is 11.2. The van der Waals surface area contributed by atoms with Gasteiger partial charge in [0.1, 0.15) is 13.2 Å². The van der Waals surface area contributed by atoms with E-state index in [1.54, 1.807) is 21.3 Å². The molecule has 5 nitrogen and oxygen atoms in total. The van der Waals surface area contributed by atoms with Crippen molar-refractivity contribution in [3.63, 3.8) is 0 Å². The summed E-state index contributed by atoms with van der Waals surface area (Å²) >= 11 is 0. The lowest BCUT2D eigenvalue weighted by Gasteiger charge is -2.15. The standard InChI is InChI=1S/C18H22O5/c1-13-8-9-14(17(12-13)21-4)22-10-11-23-18-15(19-2)6-5-7-16(18)20-3/h5-9,12H,10-11H2,1-4H3. The fraction of sp³-hybridized carbons (Fsp3) is 0.333. The highest BCUT2D eigenvalue weighted by molar-refractivity contribution is 5.51. The predicted molar refractivity (Wildman–Crippen MR) is 88.3 cm³/mol. The van der Waals surface area contributed by atoms with Crippen LogP contribution >= 0.6 is 0 Å². The number of aryl methyl sites for hydroxylation is 1. The van der Waals surface area contributed by atoms with Gasteiger partial charge in [-0.2, -0.15) is 0 Å². The third-order valence-corrected chi connectivity index (χ3v) is 3.29. The van der Waals surface area contributed by atoms with Crippen molar-refractivity contribution >= 4 is 0 Å². The van der Waals surface area contributed by atoms with Crippen molar-refractivity contribution in [3.05, 3.63) is 42.0 Å². The normalized spacial score (nSPS) is 10.1. The van der Waals surface area contributed by atoms with Gasteiger partial charge in [0.05, 0.1) is 21.3 Å². The molecular weight excluding hydrogens is 296 g/mol. The van der Waals surface area contributed by atoms with E-state index in [4.69, 9.17) is 23.7 Å². The minimum Gasteiger partial charge on any atom is -0.493 e. The second-order valence-electron chi connectivity index (χ2n) is 4.84. The van der Waals surface area contributed by atoms with Crippen LogP contribution in [0.25, 0.3) is 0 Å². The van der Waals surface area contributed by atoms with Crippen LogP contribution in [0.5, 0.6) is 28.7 Å². The monoisotopic (exact) mass is 318 g/mol. The van der Waals surface area contributed by atoms with Gasteiger partial charge in [-0.3, -0.25) is 0 Å². The number of benzene rings is 2. The molecule has 0 saturated carbocycles. The predicted octanol–water partition coefficient (Wildman–Crippen LogP) is 3.48. The third-order valence-electron chi connectivity index (χ3n) is 3.29. The lowest BCUT2D eigenvalue weighted by atomic mass is 10.2. The average Bonchev–Trinajstić information content (AvgIpc) is 2.59. The van der Waals surface area contributed by atoms with E-state index in [2.05, 4.69) is 0 Å². The third kappa shape index (κ3) is 4.22. The number of rotatable bonds is 8. The Bertz CT molecular complexity index is 617. The van der Waals surface area contributed by atoms with Crippen LogP contribution in [0.3, 0.4) is 0 Å². The van der Waals surface area contributed by atoms with Crippen LogP contribution in [0.15, 0.2) is 36.4 Å². The Morgan fingerprint density at radius 2 is 1.30 bits per heavy atom. The van der Waals surface area contributed by atoms with Crippen molar-refractivity contribution in [1.82, 2.24) is 0 Å². The zero-order valence-corrected chi connectivity index (χ0v) is 13.9. The number of hydrogen-bond donors (Lipinski definition) is 0. The Balaban J connectivity index is 1.96. The zero-order valence-electron chi connectivity index (χ0n) is 13.9. The first-order valence-corrected chi connectivity index (χ1v) is 7.30. The molecule has 0 aliphatic carbocycles. The van der Waals surface area contributed by atoms with Crippen LogP contribution < -0.4 is 23.7 Å². The molecule has 0 bridgehead atoms. The Morgan fingerprint density at radius 1 is 0.696 bits per heavy atom. The summed E-state index contributed by atoms with van der Waals surface area (Å²) in [6, 6.07) is 11.3. The van der Waals surface area contributed by atoms with Gasteiger partial charge < -0.3 is 23.7 Å². The van der Waals surface area contributed by atoms with E-state index in [-0.39, 0.29) is 0 Å². The van der Waals surface area contributed by atoms with Gasteiger partial charge in [0, 0.05) is 0 Å². The Morgan fingerprint density at radius 3 is 1.91 bits per heavy atom. The van der Waals surface area contributed by atoms with E-state index in [1.807, 2.05) is 43.3 Å².